The molecule has 0 saturated heterocycles. The molecule has 2 aliphatic heterocycles. The highest BCUT2D eigenvalue weighted by Gasteiger charge is 2.33. The standard InChI is InChI=1S/C18H22N2O5/c1-3-4-5-8-23-17(21)15-11(2)19-18(22)20-16(15)12-6-7-13-14(9-12)25-10-24-13/h6-7,9,16H,3-5,8,10H2,1-2H3,(H2,19,20,22)/t16-/m1/s1. The second kappa shape index (κ2) is 7.46. The van der Waals surface area contributed by atoms with Gasteiger partial charge in [0.05, 0.1) is 18.2 Å². The fraction of sp³-hybridized carbons (Fsp3) is 0.444. The minimum Gasteiger partial charge on any atom is -0.462 e. The molecule has 7 heteroatoms. The van der Waals surface area contributed by atoms with Crippen LogP contribution >= 0.6 is 0 Å². The molecule has 2 amide bonds. The normalized spacial score (nSPS) is 18.6. The highest BCUT2D eigenvalue weighted by atomic mass is 16.7. The number of nitrogens with one attached hydrogen (secondary N) is 2. The molecule has 0 saturated carbocycles. The van der Waals surface area contributed by atoms with E-state index in [1.165, 1.54) is 0 Å². The van der Waals surface area contributed by atoms with Gasteiger partial charge < -0.3 is 24.8 Å². The van der Waals surface area contributed by atoms with Crippen LogP contribution in [-0.2, 0) is 9.53 Å². The summed E-state index contributed by atoms with van der Waals surface area (Å²) in [5.41, 5.74) is 1.63. The minimum atomic E-state index is -0.595. The van der Waals surface area contributed by atoms with Crippen molar-refractivity contribution in [3.63, 3.8) is 0 Å². The van der Waals surface area contributed by atoms with Crippen LogP contribution in [-0.4, -0.2) is 25.4 Å². The van der Waals surface area contributed by atoms with E-state index in [4.69, 9.17) is 14.2 Å². The van der Waals surface area contributed by atoms with E-state index < -0.39 is 12.0 Å². The van der Waals surface area contributed by atoms with E-state index in [1.807, 2.05) is 0 Å². The Balaban J connectivity index is 1.83. The molecule has 1 aromatic carbocycles. The zero-order valence-corrected chi connectivity index (χ0v) is 14.4. The molecule has 2 N–H and O–H groups in total. The first-order valence-electron chi connectivity index (χ1n) is 8.45. The number of esters is 1. The first-order valence-corrected chi connectivity index (χ1v) is 8.45. The first kappa shape index (κ1) is 17.1. The van der Waals surface area contributed by atoms with Crippen LogP contribution in [0.1, 0.15) is 44.7 Å². The maximum Gasteiger partial charge on any atom is 0.338 e. The fourth-order valence-corrected chi connectivity index (χ4v) is 2.90. The van der Waals surface area contributed by atoms with Gasteiger partial charge in [-0.15, -0.1) is 0 Å². The Hall–Kier alpha value is -2.70. The Kier molecular flexibility index (Phi) is 5.11. The van der Waals surface area contributed by atoms with Crippen LogP contribution in [0.3, 0.4) is 0 Å². The summed E-state index contributed by atoms with van der Waals surface area (Å²) in [6, 6.07) is 4.40. The van der Waals surface area contributed by atoms with Crippen molar-refractivity contribution in [2.24, 2.45) is 0 Å². The molecule has 25 heavy (non-hydrogen) atoms. The smallest absolute Gasteiger partial charge is 0.338 e. The van der Waals surface area contributed by atoms with E-state index in [0.29, 0.717) is 29.4 Å². The van der Waals surface area contributed by atoms with E-state index in [9.17, 15) is 9.59 Å². The second-order valence-electron chi connectivity index (χ2n) is 6.03. The fourth-order valence-electron chi connectivity index (χ4n) is 2.90. The maximum absolute atomic E-state index is 12.6. The average molecular weight is 346 g/mol. The molecule has 0 bridgehead atoms. The Morgan fingerprint density at radius 2 is 2.08 bits per heavy atom. The monoisotopic (exact) mass is 346 g/mol. The number of rotatable bonds is 6. The van der Waals surface area contributed by atoms with Crippen molar-refractivity contribution in [2.45, 2.75) is 39.2 Å². The van der Waals surface area contributed by atoms with Gasteiger partial charge in [-0.1, -0.05) is 25.8 Å². The molecule has 1 aromatic rings. The molecule has 0 spiro atoms. The van der Waals surface area contributed by atoms with Gasteiger partial charge in [0.2, 0.25) is 6.79 Å². The number of hydrogen-bond acceptors (Lipinski definition) is 5. The predicted octanol–water partition coefficient (Wildman–Crippen LogP) is 2.78. The van der Waals surface area contributed by atoms with E-state index in [-0.39, 0.29) is 12.8 Å². The van der Waals surface area contributed by atoms with Crippen molar-refractivity contribution in [2.75, 3.05) is 13.4 Å². The number of urea groups is 1. The number of carbonyl (C=O) groups is 2. The Morgan fingerprint density at radius 1 is 1.28 bits per heavy atom. The number of carbonyl (C=O) groups excluding carboxylic acids is 2. The van der Waals surface area contributed by atoms with Crippen molar-refractivity contribution in [3.05, 3.63) is 35.0 Å². The van der Waals surface area contributed by atoms with Gasteiger partial charge in [-0.2, -0.15) is 0 Å². The molecule has 0 unspecified atom stereocenters. The number of allylic oxidation sites excluding steroid dienone is 1. The highest BCUT2D eigenvalue weighted by molar-refractivity contribution is 5.95. The predicted molar refractivity (Wildman–Crippen MR) is 90.2 cm³/mol. The molecule has 0 radical (unpaired) electrons. The van der Waals surface area contributed by atoms with Gasteiger partial charge >= 0.3 is 12.0 Å². The molecule has 2 heterocycles. The Morgan fingerprint density at radius 3 is 2.88 bits per heavy atom. The molecular weight excluding hydrogens is 324 g/mol. The third-order valence-electron chi connectivity index (χ3n) is 4.20. The van der Waals surface area contributed by atoms with E-state index >= 15 is 0 Å². The molecular formula is C18H22N2O5. The summed E-state index contributed by atoms with van der Waals surface area (Å²) < 4.78 is 16.1. The number of unbranched alkanes of at least 4 members (excludes halogenated alkanes) is 2. The largest absolute Gasteiger partial charge is 0.462 e. The lowest BCUT2D eigenvalue weighted by Crippen LogP contribution is -2.45. The quantitative estimate of drug-likeness (QED) is 0.611. The van der Waals surface area contributed by atoms with Gasteiger partial charge in [-0.25, -0.2) is 9.59 Å². The van der Waals surface area contributed by atoms with Crippen LogP contribution in [0, 0.1) is 0 Å². The van der Waals surface area contributed by atoms with Crippen LogP contribution < -0.4 is 20.1 Å². The van der Waals surface area contributed by atoms with Crippen LogP contribution in [0.15, 0.2) is 29.5 Å². The van der Waals surface area contributed by atoms with Crippen molar-refractivity contribution in [1.82, 2.24) is 10.6 Å². The summed E-state index contributed by atoms with van der Waals surface area (Å²) in [7, 11) is 0. The van der Waals surface area contributed by atoms with Gasteiger partial charge in [0.1, 0.15) is 0 Å². The summed E-state index contributed by atoms with van der Waals surface area (Å²) in [5, 5.41) is 5.42. The SMILES string of the molecule is CCCCCOC(=O)C1=C(C)NC(=O)N[C@@H]1c1ccc2c(c1)OCO2. The third-order valence-corrected chi connectivity index (χ3v) is 4.20. The van der Waals surface area contributed by atoms with E-state index in [1.54, 1.807) is 25.1 Å². The molecule has 0 aromatic heterocycles. The average Bonchev–Trinajstić information content (AvgIpc) is 3.05. The summed E-state index contributed by atoms with van der Waals surface area (Å²) in [6.07, 6.45) is 2.88. The lowest BCUT2D eigenvalue weighted by Gasteiger charge is -2.28. The summed E-state index contributed by atoms with van der Waals surface area (Å²) in [5.74, 6) is 0.816. The van der Waals surface area contributed by atoms with Crippen LogP contribution in [0.4, 0.5) is 4.79 Å². The van der Waals surface area contributed by atoms with Gasteiger partial charge in [0, 0.05) is 5.70 Å². The topological polar surface area (TPSA) is 85.9 Å². The molecule has 7 nitrogen and oxygen atoms in total. The zero-order valence-electron chi connectivity index (χ0n) is 14.4. The molecule has 134 valence electrons. The zero-order chi connectivity index (χ0) is 17.8. The highest BCUT2D eigenvalue weighted by Crippen LogP contribution is 2.37. The minimum absolute atomic E-state index is 0.165. The van der Waals surface area contributed by atoms with Gasteiger partial charge in [0.15, 0.2) is 11.5 Å². The lowest BCUT2D eigenvalue weighted by molar-refractivity contribution is -0.139. The Bertz CT molecular complexity index is 713. The lowest BCUT2D eigenvalue weighted by atomic mass is 9.95. The summed E-state index contributed by atoms with van der Waals surface area (Å²) in [6.45, 7) is 4.32. The van der Waals surface area contributed by atoms with E-state index in [2.05, 4.69) is 17.6 Å². The molecule has 0 fully saturated rings. The van der Waals surface area contributed by atoms with Crippen LogP contribution in [0.2, 0.25) is 0 Å². The van der Waals surface area contributed by atoms with E-state index in [0.717, 1.165) is 24.8 Å². The van der Waals surface area contributed by atoms with Crippen molar-refractivity contribution >= 4 is 12.0 Å². The number of hydrogen-bond donors (Lipinski definition) is 2. The van der Waals surface area contributed by atoms with Crippen molar-refractivity contribution < 1.29 is 23.8 Å². The second-order valence-corrected chi connectivity index (χ2v) is 6.03. The Labute approximate surface area is 146 Å². The number of fused-ring (bicyclic) bond motifs is 1. The molecule has 1 atom stereocenters. The summed E-state index contributed by atoms with van der Waals surface area (Å²) in [4.78, 5) is 24.5. The number of benzene rings is 1. The number of amides is 2. The van der Waals surface area contributed by atoms with Crippen molar-refractivity contribution in [1.29, 1.82) is 0 Å². The van der Waals surface area contributed by atoms with Gasteiger partial charge in [-0.05, 0) is 31.0 Å². The molecule has 3 rings (SSSR count). The van der Waals surface area contributed by atoms with Crippen molar-refractivity contribution in [3.8, 4) is 11.5 Å². The maximum atomic E-state index is 12.6. The van der Waals surface area contributed by atoms with Crippen LogP contribution in [0.25, 0.3) is 0 Å². The molecule has 0 aliphatic carbocycles. The number of ether oxygens (including phenoxy) is 3. The van der Waals surface area contributed by atoms with Gasteiger partial charge in [0.25, 0.3) is 0 Å². The third kappa shape index (κ3) is 3.70. The molecule has 2 aliphatic rings. The van der Waals surface area contributed by atoms with Gasteiger partial charge in [-0.3, -0.25) is 0 Å². The van der Waals surface area contributed by atoms with Crippen LogP contribution in [0.5, 0.6) is 11.5 Å². The first-order chi connectivity index (χ1) is 12.1. The summed E-state index contributed by atoms with van der Waals surface area (Å²) >= 11 is 0.